The first kappa shape index (κ1) is 17.5. The Morgan fingerprint density at radius 3 is 2.28 bits per heavy atom. The molecule has 1 aromatic rings. The predicted octanol–water partition coefficient (Wildman–Crippen LogP) is 2.60. The van der Waals surface area contributed by atoms with E-state index in [9.17, 15) is 13.2 Å². The Kier molecular flexibility index (Phi) is 4.67. The molecule has 2 saturated heterocycles. The summed E-state index contributed by atoms with van der Waals surface area (Å²) >= 11 is 3.41. The lowest BCUT2D eigenvalue weighted by Gasteiger charge is -2.47. The van der Waals surface area contributed by atoms with Crippen molar-refractivity contribution in [2.75, 3.05) is 23.0 Å². The Morgan fingerprint density at radius 1 is 0.960 bits per heavy atom. The number of amides is 1. The first-order chi connectivity index (χ1) is 11.9. The summed E-state index contributed by atoms with van der Waals surface area (Å²) in [6.07, 6.45) is 5.76. The molecule has 3 aliphatic rings. The van der Waals surface area contributed by atoms with E-state index in [0.717, 1.165) is 23.0 Å². The first-order valence-electron chi connectivity index (χ1n) is 8.98. The highest BCUT2D eigenvalue weighted by atomic mass is 79.9. The molecule has 1 aliphatic carbocycles. The summed E-state index contributed by atoms with van der Waals surface area (Å²) in [5, 5.41) is 0. The van der Waals surface area contributed by atoms with E-state index in [0.29, 0.717) is 12.6 Å². The zero-order valence-corrected chi connectivity index (χ0v) is 16.5. The van der Waals surface area contributed by atoms with Crippen molar-refractivity contribution in [3.63, 3.8) is 0 Å². The minimum atomic E-state index is -3.12. The normalized spacial score (nSPS) is 30.4. The number of nitrogens with zero attached hydrogens (tertiary/aromatic N) is 2. The van der Waals surface area contributed by atoms with Gasteiger partial charge in [-0.05, 0) is 37.1 Å². The van der Waals surface area contributed by atoms with Gasteiger partial charge in [0.05, 0.1) is 24.1 Å². The fourth-order valence-corrected chi connectivity index (χ4v) is 6.88. The van der Waals surface area contributed by atoms with Crippen LogP contribution in [0.25, 0.3) is 0 Å². The molecule has 0 spiro atoms. The highest BCUT2D eigenvalue weighted by molar-refractivity contribution is 9.10. The molecular formula is C18H23BrN2O3S. The Labute approximate surface area is 157 Å². The molecule has 0 radical (unpaired) electrons. The molecule has 1 aromatic carbocycles. The Hall–Kier alpha value is -0.920. The van der Waals surface area contributed by atoms with Crippen LogP contribution in [0.15, 0.2) is 28.7 Å². The van der Waals surface area contributed by atoms with Crippen LogP contribution in [0.2, 0.25) is 0 Å². The lowest BCUT2D eigenvalue weighted by molar-refractivity contribution is -0.124. The third-order valence-corrected chi connectivity index (χ3v) is 8.01. The highest BCUT2D eigenvalue weighted by Gasteiger charge is 2.51. The van der Waals surface area contributed by atoms with Crippen LogP contribution in [0.1, 0.15) is 32.1 Å². The third kappa shape index (κ3) is 3.38. The summed E-state index contributed by atoms with van der Waals surface area (Å²) in [6, 6.07) is 7.58. The Bertz CT molecular complexity index is 759. The van der Waals surface area contributed by atoms with Crippen LogP contribution in [0.4, 0.5) is 5.69 Å². The molecule has 4 rings (SSSR count). The van der Waals surface area contributed by atoms with Crippen LogP contribution in [0, 0.1) is 0 Å². The van der Waals surface area contributed by atoms with E-state index in [2.05, 4.69) is 20.8 Å². The topological polar surface area (TPSA) is 57.7 Å². The van der Waals surface area contributed by atoms with Crippen LogP contribution in [-0.2, 0) is 14.6 Å². The maximum Gasteiger partial charge on any atom is 0.241 e. The first-order valence-corrected chi connectivity index (χ1v) is 11.6. The number of piperazine rings is 1. The molecule has 0 aromatic heterocycles. The van der Waals surface area contributed by atoms with Gasteiger partial charge in [0.15, 0.2) is 9.84 Å². The van der Waals surface area contributed by atoms with Gasteiger partial charge in [0, 0.05) is 22.2 Å². The van der Waals surface area contributed by atoms with Gasteiger partial charge in [-0.15, -0.1) is 0 Å². The number of halogens is 1. The number of carbonyl (C=O) groups excluding carboxylic acids is 1. The van der Waals surface area contributed by atoms with E-state index in [1.54, 1.807) is 4.90 Å². The molecule has 1 saturated carbocycles. The largest absolute Gasteiger partial charge is 0.306 e. The number of anilines is 1. The number of rotatable bonds is 2. The van der Waals surface area contributed by atoms with Crippen molar-refractivity contribution < 1.29 is 13.2 Å². The summed E-state index contributed by atoms with van der Waals surface area (Å²) in [6.45, 7) is 0.331. The number of carbonyl (C=O) groups is 1. The van der Waals surface area contributed by atoms with E-state index in [1.807, 2.05) is 24.3 Å². The minimum absolute atomic E-state index is 0.0197. The fraction of sp³-hybridized carbons (Fsp3) is 0.611. The monoisotopic (exact) mass is 426 g/mol. The second-order valence-electron chi connectivity index (χ2n) is 7.42. The molecule has 2 heterocycles. The zero-order chi connectivity index (χ0) is 17.6. The molecule has 2 atom stereocenters. The van der Waals surface area contributed by atoms with Gasteiger partial charge in [-0.25, -0.2) is 8.42 Å². The standard InChI is InChI=1S/C18H23BrN2O3S/c19-13-6-8-15(9-7-13)21-17-12-25(23,24)11-16(17)20(10-18(21)22)14-4-2-1-3-5-14/h6-9,14,16-17H,1-5,10-12H2/t16-,17-/m0/s1. The van der Waals surface area contributed by atoms with E-state index in [1.165, 1.54) is 19.3 Å². The second-order valence-corrected chi connectivity index (χ2v) is 10.5. The molecular weight excluding hydrogens is 404 g/mol. The molecule has 25 heavy (non-hydrogen) atoms. The van der Waals surface area contributed by atoms with Crippen LogP contribution >= 0.6 is 15.9 Å². The van der Waals surface area contributed by atoms with Gasteiger partial charge in [-0.1, -0.05) is 35.2 Å². The van der Waals surface area contributed by atoms with Gasteiger partial charge < -0.3 is 4.90 Å². The Balaban J connectivity index is 1.67. The van der Waals surface area contributed by atoms with Gasteiger partial charge in [0.25, 0.3) is 0 Å². The number of hydrogen-bond donors (Lipinski definition) is 0. The SMILES string of the molecule is O=C1CN(C2CCCCC2)[C@H]2CS(=O)(=O)C[C@@H]2N1c1ccc(Br)cc1. The van der Waals surface area contributed by atoms with Crippen molar-refractivity contribution in [1.82, 2.24) is 4.90 Å². The molecule has 136 valence electrons. The highest BCUT2D eigenvalue weighted by Crippen LogP contribution is 2.35. The number of hydrogen-bond acceptors (Lipinski definition) is 4. The van der Waals surface area contributed by atoms with Crippen molar-refractivity contribution in [1.29, 1.82) is 0 Å². The fourth-order valence-electron chi connectivity index (χ4n) is 4.66. The smallest absolute Gasteiger partial charge is 0.241 e. The summed E-state index contributed by atoms with van der Waals surface area (Å²) < 4.78 is 25.7. The van der Waals surface area contributed by atoms with E-state index in [-0.39, 0.29) is 29.5 Å². The quantitative estimate of drug-likeness (QED) is 0.728. The molecule has 3 fully saturated rings. The molecule has 1 amide bonds. The van der Waals surface area contributed by atoms with E-state index >= 15 is 0 Å². The summed E-state index contributed by atoms with van der Waals surface area (Å²) in [7, 11) is -3.12. The maximum absolute atomic E-state index is 13.0. The molecule has 7 heteroatoms. The van der Waals surface area contributed by atoms with Crippen molar-refractivity contribution in [2.45, 2.75) is 50.2 Å². The van der Waals surface area contributed by atoms with Gasteiger partial charge in [-0.3, -0.25) is 9.69 Å². The van der Waals surface area contributed by atoms with Gasteiger partial charge >= 0.3 is 0 Å². The average molecular weight is 427 g/mol. The van der Waals surface area contributed by atoms with Gasteiger partial charge in [-0.2, -0.15) is 0 Å². The number of sulfone groups is 1. The third-order valence-electron chi connectivity index (χ3n) is 5.79. The van der Waals surface area contributed by atoms with Gasteiger partial charge in [0.2, 0.25) is 5.91 Å². The van der Waals surface area contributed by atoms with Gasteiger partial charge in [0.1, 0.15) is 0 Å². The summed E-state index contributed by atoms with van der Waals surface area (Å²) in [5.74, 6) is 0.267. The van der Waals surface area contributed by atoms with Crippen LogP contribution in [-0.4, -0.2) is 55.4 Å². The summed E-state index contributed by atoms with van der Waals surface area (Å²) in [5.41, 5.74) is 0.795. The van der Waals surface area contributed by atoms with Crippen molar-refractivity contribution in [3.05, 3.63) is 28.7 Å². The van der Waals surface area contributed by atoms with Crippen LogP contribution in [0.3, 0.4) is 0 Å². The van der Waals surface area contributed by atoms with Crippen LogP contribution in [0.5, 0.6) is 0 Å². The van der Waals surface area contributed by atoms with Crippen molar-refractivity contribution >= 4 is 37.4 Å². The average Bonchev–Trinajstić information content (AvgIpc) is 2.91. The Morgan fingerprint density at radius 2 is 1.60 bits per heavy atom. The summed E-state index contributed by atoms with van der Waals surface area (Å²) in [4.78, 5) is 16.9. The van der Waals surface area contributed by atoms with Crippen molar-refractivity contribution in [2.24, 2.45) is 0 Å². The van der Waals surface area contributed by atoms with E-state index < -0.39 is 9.84 Å². The maximum atomic E-state index is 13.0. The van der Waals surface area contributed by atoms with Crippen molar-refractivity contribution in [3.8, 4) is 0 Å². The minimum Gasteiger partial charge on any atom is -0.306 e. The molecule has 0 bridgehead atoms. The predicted molar refractivity (Wildman–Crippen MR) is 101 cm³/mol. The molecule has 0 unspecified atom stereocenters. The molecule has 0 N–H and O–H groups in total. The molecule has 5 nitrogen and oxygen atoms in total. The lowest BCUT2D eigenvalue weighted by atomic mass is 9.91. The van der Waals surface area contributed by atoms with E-state index in [4.69, 9.17) is 0 Å². The number of benzene rings is 1. The van der Waals surface area contributed by atoms with Crippen LogP contribution < -0.4 is 4.90 Å². The lowest BCUT2D eigenvalue weighted by Crippen LogP contribution is -2.64. The number of fused-ring (bicyclic) bond motifs is 1. The zero-order valence-electron chi connectivity index (χ0n) is 14.1. The molecule has 2 aliphatic heterocycles. The second kappa shape index (κ2) is 6.67.